The molecule has 1 aliphatic heterocycles. The van der Waals surface area contributed by atoms with Gasteiger partial charge in [-0.3, -0.25) is 9.59 Å². The van der Waals surface area contributed by atoms with Crippen molar-refractivity contribution in [3.8, 4) is 0 Å². The van der Waals surface area contributed by atoms with Gasteiger partial charge in [0.15, 0.2) is 5.78 Å². The second kappa shape index (κ2) is 9.04. The molecule has 0 bridgehead atoms. The van der Waals surface area contributed by atoms with Crippen molar-refractivity contribution in [2.75, 3.05) is 13.1 Å². The first-order chi connectivity index (χ1) is 10.5. The Morgan fingerprint density at radius 1 is 1.22 bits per heavy atom. The molecule has 0 saturated carbocycles. The first-order valence-corrected chi connectivity index (χ1v) is 8.11. The SMILES string of the molecule is CC(C)Cc1ccc(C(=O)CCC(=O)N2CC[C@@H](N)C2)cc1.Cl. The molecule has 0 aromatic heterocycles. The largest absolute Gasteiger partial charge is 0.341 e. The van der Waals surface area contributed by atoms with E-state index in [4.69, 9.17) is 5.73 Å². The molecule has 1 aromatic carbocycles. The van der Waals surface area contributed by atoms with Crippen LogP contribution in [0.5, 0.6) is 0 Å². The van der Waals surface area contributed by atoms with Gasteiger partial charge < -0.3 is 10.6 Å². The van der Waals surface area contributed by atoms with Crippen molar-refractivity contribution in [2.24, 2.45) is 11.7 Å². The Morgan fingerprint density at radius 3 is 2.39 bits per heavy atom. The van der Waals surface area contributed by atoms with Crippen molar-refractivity contribution in [3.05, 3.63) is 35.4 Å². The number of likely N-dealkylation sites (tertiary alicyclic amines) is 1. The number of carbonyl (C=O) groups excluding carboxylic acids is 2. The monoisotopic (exact) mass is 338 g/mol. The highest BCUT2D eigenvalue weighted by molar-refractivity contribution is 5.98. The molecule has 1 fully saturated rings. The Bertz CT molecular complexity index is 528. The summed E-state index contributed by atoms with van der Waals surface area (Å²) in [6.45, 7) is 5.69. The van der Waals surface area contributed by atoms with Crippen LogP contribution >= 0.6 is 12.4 Å². The van der Waals surface area contributed by atoms with Crippen LogP contribution < -0.4 is 5.73 Å². The lowest BCUT2D eigenvalue weighted by Crippen LogP contribution is -2.32. The molecule has 1 aliphatic rings. The van der Waals surface area contributed by atoms with E-state index in [0.29, 0.717) is 18.0 Å². The van der Waals surface area contributed by atoms with Crippen molar-refractivity contribution in [2.45, 2.75) is 45.6 Å². The zero-order chi connectivity index (χ0) is 16.1. The summed E-state index contributed by atoms with van der Waals surface area (Å²) >= 11 is 0. The molecule has 128 valence electrons. The van der Waals surface area contributed by atoms with E-state index in [0.717, 1.165) is 19.4 Å². The van der Waals surface area contributed by atoms with Gasteiger partial charge in [-0.15, -0.1) is 12.4 Å². The van der Waals surface area contributed by atoms with Crippen LogP contribution in [0.4, 0.5) is 0 Å². The van der Waals surface area contributed by atoms with E-state index < -0.39 is 0 Å². The maximum atomic E-state index is 12.2. The molecule has 1 amide bonds. The third-order valence-electron chi connectivity index (χ3n) is 4.06. The van der Waals surface area contributed by atoms with Crippen molar-refractivity contribution in [1.82, 2.24) is 4.90 Å². The third-order valence-corrected chi connectivity index (χ3v) is 4.06. The van der Waals surface area contributed by atoms with Gasteiger partial charge in [0, 0.05) is 37.5 Å². The molecular formula is C18H27ClN2O2. The minimum Gasteiger partial charge on any atom is -0.341 e. The number of carbonyl (C=O) groups is 2. The molecule has 1 aromatic rings. The molecule has 1 atom stereocenters. The van der Waals surface area contributed by atoms with Crippen LogP contribution in [0.15, 0.2) is 24.3 Å². The Hall–Kier alpha value is -1.39. The van der Waals surface area contributed by atoms with Crippen molar-refractivity contribution >= 4 is 24.1 Å². The molecule has 23 heavy (non-hydrogen) atoms. The maximum absolute atomic E-state index is 12.2. The molecule has 1 saturated heterocycles. The number of nitrogens with zero attached hydrogens (tertiary/aromatic N) is 1. The fraction of sp³-hybridized carbons (Fsp3) is 0.556. The summed E-state index contributed by atoms with van der Waals surface area (Å²) < 4.78 is 0. The Kier molecular flexibility index (Phi) is 7.73. The number of Topliss-reactive ketones (excluding diaryl/α,β-unsaturated/α-hetero) is 1. The number of benzene rings is 1. The molecule has 4 nitrogen and oxygen atoms in total. The minimum absolute atomic E-state index is 0. The second-order valence-corrected chi connectivity index (χ2v) is 6.61. The zero-order valence-electron chi connectivity index (χ0n) is 14.0. The summed E-state index contributed by atoms with van der Waals surface area (Å²) in [4.78, 5) is 26.0. The number of nitrogens with two attached hydrogens (primary N) is 1. The number of hydrogen-bond acceptors (Lipinski definition) is 3. The molecule has 0 unspecified atom stereocenters. The number of amides is 1. The molecule has 2 N–H and O–H groups in total. The molecule has 5 heteroatoms. The number of hydrogen-bond donors (Lipinski definition) is 1. The Balaban J connectivity index is 0.00000264. The Labute approximate surface area is 144 Å². The van der Waals surface area contributed by atoms with E-state index in [9.17, 15) is 9.59 Å². The molecule has 1 heterocycles. The maximum Gasteiger partial charge on any atom is 0.223 e. The van der Waals surface area contributed by atoms with Crippen molar-refractivity contribution in [3.63, 3.8) is 0 Å². The number of rotatable bonds is 6. The summed E-state index contributed by atoms with van der Waals surface area (Å²) in [5.74, 6) is 0.677. The van der Waals surface area contributed by atoms with Crippen molar-refractivity contribution < 1.29 is 9.59 Å². The van der Waals surface area contributed by atoms with Crippen LogP contribution in [0.3, 0.4) is 0 Å². The predicted octanol–water partition coefficient (Wildman–Crippen LogP) is 2.83. The minimum atomic E-state index is 0. The third kappa shape index (κ3) is 5.96. The lowest BCUT2D eigenvalue weighted by atomic mass is 9.99. The first-order valence-electron chi connectivity index (χ1n) is 8.11. The smallest absolute Gasteiger partial charge is 0.223 e. The van der Waals surface area contributed by atoms with Gasteiger partial charge in [-0.25, -0.2) is 0 Å². The van der Waals surface area contributed by atoms with Gasteiger partial charge in [0.1, 0.15) is 0 Å². The summed E-state index contributed by atoms with van der Waals surface area (Å²) in [5, 5.41) is 0. The highest BCUT2D eigenvalue weighted by Crippen LogP contribution is 2.14. The zero-order valence-corrected chi connectivity index (χ0v) is 14.8. The van der Waals surface area contributed by atoms with E-state index in [1.54, 1.807) is 4.90 Å². The predicted molar refractivity (Wildman–Crippen MR) is 95.0 cm³/mol. The van der Waals surface area contributed by atoms with Gasteiger partial charge in [-0.2, -0.15) is 0 Å². The number of ketones is 1. The lowest BCUT2D eigenvalue weighted by molar-refractivity contribution is -0.130. The highest BCUT2D eigenvalue weighted by atomic mass is 35.5. The number of halogens is 1. The average molecular weight is 339 g/mol. The van der Waals surface area contributed by atoms with Gasteiger partial charge in [-0.1, -0.05) is 38.1 Å². The van der Waals surface area contributed by atoms with Crippen LogP contribution in [0, 0.1) is 5.92 Å². The standard InChI is InChI=1S/C18H26N2O2.ClH/c1-13(2)11-14-3-5-15(6-4-14)17(21)7-8-18(22)20-10-9-16(19)12-20;/h3-6,13,16H,7-12,19H2,1-2H3;1H/t16-;/m1./s1. The summed E-state index contributed by atoms with van der Waals surface area (Å²) in [6, 6.07) is 7.85. The van der Waals surface area contributed by atoms with Crippen molar-refractivity contribution in [1.29, 1.82) is 0 Å². The van der Waals surface area contributed by atoms with E-state index in [-0.39, 0.29) is 43.0 Å². The normalized spacial score (nSPS) is 17.2. The van der Waals surface area contributed by atoms with Gasteiger partial charge in [-0.05, 0) is 24.3 Å². The fourth-order valence-electron chi connectivity index (χ4n) is 2.83. The Morgan fingerprint density at radius 2 is 1.87 bits per heavy atom. The first kappa shape index (κ1) is 19.7. The molecular weight excluding hydrogens is 312 g/mol. The molecule has 2 rings (SSSR count). The quantitative estimate of drug-likeness (QED) is 0.811. The summed E-state index contributed by atoms with van der Waals surface area (Å²) in [5.41, 5.74) is 7.73. The highest BCUT2D eigenvalue weighted by Gasteiger charge is 2.23. The summed E-state index contributed by atoms with van der Waals surface area (Å²) in [6.07, 6.45) is 2.42. The van der Waals surface area contributed by atoms with Crippen LogP contribution in [-0.2, 0) is 11.2 Å². The van der Waals surface area contributed by atoms with E-state index in [2.05, 4.69) is 13.8 Å². The average Bonchev–Trinajstić information content (AvgIpc) is 2.91. The van der Waals surface area contributed by atoms with Gasteiger partial charge in [0.2, 0.25) is 5.91 Å². The van der Waals surface area contributed by atoms with Gasteiger partial charge in [0.25, 0.3) is 0 Å². The second-order valence-electron chi connectivity index (χ2n) is 6.61. The van der Waals surface area contributed by atoms with E-state index >= 15 is 0 Å². The molecule has 0 radical (unpaired) electrons. The molecule has 0 spiro atoms. The fourth-order valence-corrected chi connectivity index (χ4v) is 2.83. The van der Waals surface area contributed by atoms with Crippen LogP contribution in [0.1, 0.15) is 49.0 Å². The van der Waals surface area contributed by atoms with E-state index in [1.807, 2.05) is 24.3 Å². The lowest BCUT2D eigenvalue weighted by Gasteiger charge is -2.15. The summed E-state index contributed by atoms with van der Waals surface area (Å²) in [7, 11) is 0. The van der Waals surface area contributed by atoms with Crippen LogP contribution in [0.2, 0.25) is 0 Å². The van der Waals surface area contributed by atoms with Crippen LogP contribution in [0.25, 0.3) is 0 Å². The topological polar surface area (TPSA) is 63.4 Å². The van der Waals surface area contributed by atoms with Gasteiger partial charge in [0.05, 0.1) is 0 Å². The van der Waals surface area contributed by atoms with E-state index in [1.165, 1.54) is 5.56 Å². The van der Waals surface area contributed by atoms with Gasteiger partial charge >= 0.3 is 0 Å². The molecule has 0 aliphatic carbocycles. The van der Waals surface area contributed by atoms with Crippen LogP contribution in [-0.4, -0.2) is 35.7 Å².